The summed E-state index contributed by atoms with van der Waals surface area (Å²) in [4.78, 5) is 12.2. The van der Waals surface area contributed by atoms with Crippen LogP contribution < -0.4 is 10.0 Å². The molecule has 0 aromatic heterocycles. The molecular weight excluding hydrogens is 404 g/mol. The number of amides is 1. The fourth-order valence-corrected chi connectivity index (χ4v) is 3.11. The summed E-state index contributed by atoms with van der Waals surface area (Å²) in [5, 5.41) is 3.20. The molecular formula is C15H14BrClN2O3S. The summed E-state index contributed by atoms with van der Waals surface area (Å²) in [5.41, 5.74) is 1.50. The van der Waals surface area contributed by atoms with E-state index in [1.165, 1.54) is 0 Å². The molecule has 122 valence electrons. The van der Waals surface area contributed by atoms with Crippen molar-refractivity contribution in [1.82, 2.24) is 5.32 Å². The van der Waals surface area contributed by atoms with Crippen LogP contribution in [0.15, 0.2) is 46.9 Å². The Balaban J connectivity index is 2.15. The van der Waals surface area contributed by atoms with Gasteiger partial charge in [-0.2, -0.15) is 0 Å². The normalized spacial score (nSPS) is 11.1. The Hall–Kier alpha value is -1.57. The van der Waals surface area contributed by atoms with Crippen molar-refractivity contribution < 1.29 is 13.2 Å². The second kappa shape index (κ2) is 7.33. The molecule has 0 radical (unpaired) electrons. The van der Waals surface area contributed by atoms with Crippen LogP contribution in [0.25, 0.3) is 0 Å². The minimum Gasteiger partial charge on any atom is -0.348 e. The second-order valence-corrected chi connectivity index (χ2v) is 7.88. The third-order valence-corrected chi connectivity index (χ3v) is 4.44. The van der Waals surface area contributed by atoms with E-state index in [9.17, 15) is 13.2 Å². The maximum atomic E-state index is 12.2. The van der Waals surface area contributed by atoms with E-state index in [-0.39, 0.29) is 12.5 Å². The molecule has 0 unspecified atom stereocenters. The lowest BCUT2D eigenvalue weighted by atomic mass is 10.1. The first-order valence-electron chi connectivity index (χ1n) is 6.55. The van der Waals surface area contributed by atoms with Gasteiger partial charge in [-0.25, -0.2) is 8.42 Å². The number of para-hydroxylation sites is 1. The molecule has 2 aromatic rings. The molecule has 0 saturated carbocycles. The van der Waals surface area contributed by atoms with Gasteiger partial charge in [0.2, 0.25) is 10.0 Å². The van der Waals surface area contributed by atoms with Crippen LogP contribution in [-0.4, -0.2) is 20.6 Å². The van der Waals surface area contributed by atoms with E-state index < -0.39 is 10.0 Å². The number of benzene rings is 2. The predicted octanol–water partition coefficient (Wildman–Crippen LogP) is 3.40. The lowest BCUT2D eigenvalue weighted by Gasteiger charge is -2.12. The molecule has 0 spiro atoms. The van der Waals surface area contributed by atoms with Gasteiger partial charge in [0.25, 0.3) is 5.91 Å². The molecule has 1 amide bonds. The van der Waals surface area contributed by atoms with Crippen molar-refractivity contribution >= 4 is 49.1 Å². The Kier molecular flexibility index (Phi) is 5.67. The van der Waals surface area contributed by atoms with Crippen molar-refractivity contribution in [2.24, 2.45) is 0 Å². The van der Waals surface area contributed by atoms with E-state index in [1.54, 1.807) is 42.5 Å². The predicted molar refractivity (Wildman–Crippen MR) is 95.2 cm³/mol. The quantitative estimate of drug-likeness (QED) is 0.783. The van der Waals surface area contributed by atoms with E-state index in [0.29, 0.717) is 26.3 Å². The molecule has 2 rings (SSSR count). The maximum absolute atomic E-state index is 12.2. The van der Waals surface area contributed by atoms with Crippen molar-refractivity contribution in [3.63, 3.8) is 0 Å². The number of anilines is 1. The lowest BCUT2D eigenvalue weighted by Crippen LogP contribution is -2.24. The molecule has 8 heteroatoms. The van der Waals surface area contributed by atoms with E-state index in [4.69, 9.17) is 11.6 Å². The SMILES string of the molecule is CS(=O)(=O)Nc1ccccc1CNC(=O)c1cc(Cl)ccc1Br. The highest BCUT2D eigenvalue weighted by Gasteiger charge is 2.12. The number of halogens is 2. The molecule has 2 N–H and O–H groups in total. The first-order chi connectivity index (χ1) is 10.8. The topological polar surface area (TPSA) is 75.3 Å². The van der Waals surface area contributed by atoms with Crippen LogP contribution in [0, 0.1) is 0 Å². The third kappa shape index (κ3) is 5.23. The smallest absolute Gasteiger partial charge is 0.252 e. The molecule has 0 saturated heterocycles. The van der Waals surface area contributed by atoms with Crippen molar-refractivity contribution in [1.29, 1.82) is 0 Å². The van der Waals surface area contributed by atoms with Crippen LogP contribution in [0.2, 0.25) is 5.02 Å². The number of sulfonamides is 1. The molecule has 5 nitrogen and oxygen atoms in total. The summed E-state index contributed by atoms with van der Waals surface area (Å²) in [6.45, 7) is 0.177. The first-order valence-corrected chi connectivity index (χ1v) is 9.61. The number of nitrogens with one attached hydrogen (secondary N) is 2. The number of hydrogen-bond donors (Lipinski definition) is 2. The van der Waals surface area contributed by atoms with E-state index in [0.717, 1.165) is 6.26 Å². The van der Waals surface area contributed by atoms with Crippen molar-refractivity contribution in [2.45, 2.75) is 6.54 Å². The maximum Gasteiger partial charge on any atom is 0.252 e. The number of carbonyl (C=O) groups is 1. The summed E-state index contributed by atoms with van der Waals surface area (Å²) in [6.07, 6.45) is 1.07. The Bertz CT molecular complexity index is 840. The Morgan fingerprint density at radius 2 is 1.91 bits per heavy atom. The minimum atomic E-state index is -3.39. The van der Waals surface area contributed by atoms with Gasteiger partial charge in [0.1, 0.15) is 0 Å². The summed E-state index contributed by atoms with van der Waals surface area (Å²) in [5.74, 6) is -0.312. The lowest BCUT2D eigenvalue weighted by molar-refractivity contribution is 0.0950. The summed E-state index contributed by atoms with van der Waals surface area (Å²) in [6, 6.07) is 11.8. The Morgan fingerprint density at radius 1 is 1.22 bits per heavy atom. The van der Waals surface area contributed by atoms with Gasteiger partial charge in [-0.05, 0) is 45.8 Å². The minimum absolute atomic E-state index is 0.177. The average Bonchev–Trinajstić information content (AvgIpc) is 2.47. The van der Waals surface area contributed by atoms with Gasteiger partial charge < -0.3 is 5.32 Å². The van der Waals surface area contributed by atoms with Gasteiger partial charge in [-0.1, -0.05) is 29.8 Å². The Morgan fingerprint density at radius 3 is 2.61 bits per heavy atom. The highest BCUT2D eigenvalue weighted by Crippen LogP contribution is 2.21. The van der Waals surface area contributed by atoms with Crippen molar-refractivity contribution in [3.8, 4) is 0 Å². The molecule has 0 atom stereocenters. The molecule has 0 aliphatic heterocycles. The zero-order valence-electron chi connectivity index (χ0n) is 12.1. The third-order valence-electron chi connectivity index (χ3n) is 2.93. The van der Waals surface area contributed by atoms with E-state index >= 15 is 0 Å². The fraction of sp³-hybridized carbons (Fsp3) is 0.133. The number of hydrogen-bond acceptors (Lipinski definition) is 3. The summed E-state index contributed by atoms with van der Waals surface area (Å²) >= 11 is 9.20. The number of rotatable bonds is 5. The largest absolute Gasteiger partial charge is 0.348 e. The van der Waals surface area contributed by atoms with Crippen LogP contribution in [0.1, 0.15) is 15.9 Å². The first kappa shape index (κ1) is 17.8. The van der Waals surface area contributed by atoms with Crippen LogP contribution in [0.3, 0.4) is 0 Å². The zero-order valence-corrected chi connectivity index (χ0v) is 15.3. The van der Waals surface area contributed by atoms with Gasteiger partial charge in [-0.15, -0.1) is 0 Å². The van der Waals surface area contributed by atoms with Gasteiger partial charge in [0.15, 0.2) is 0 Å². The Labute approximate surface area is 148 Å². The van der Waals surface area contributed by atoms with Gasteiger partial charge in [-0.3, -0.25) is 9.52 Å². The van der Waals surface area contributed by atoms with Crippen LogP contribution in [0.4, 0.5) is 5.69 Å². The molecule has 0 heterocycles. The van der Waals surface area contributed by atoms with Crippen molar-refractivity contribution in [2.75, 3.05) is 11.0 Å². The highest BCUT2D eigenvalue weighted by molar-refractivity contribution is 9.10. The molecule has 0 bridgehead atoms. The highest BCUT2D eigenvalue weighted by atomic mass is 79.9. The molecule has 0 aliphatic rings. The van der Waals surface area contributed by atoms with Crippen molar-refractivity contribution in [3.05, 3.63) is 63.1 Å². The van der Waals surface area contributed by atoms with Crippen LogP contribution >= 0.6 is 27.5 Å². The van der Waals surface area contributed by atoms with E-state index in [1.807, 2.05) is 0 Å². The molecule has 0 fully saturated rings. The summed E-state index contributed by atoms with van der Waals surface area (Å²) in [7, 11) is -3.39. The molecule has 0 aliphatic carbocycles. The van der Waals surface area contributed by atoms with E-state index in [2.05, 4.69) is 26.0 Å². The van der Waals surface area contributed by atoms with Crippen LogP contribution in [0.5, 0.6) is 0 Å². The fourth-order valence-electron chi connectivity index (χ4n) is 1.92. The standard InChI is InChI=1S/C15H14BrClN2O3S/c1-23(21,22)19-14-5-3-2-4-10(14)9-18-15(20)12-8-11(17)6-7-13(12)16/h2-8,19H,9H2,1H3,(H,18,20). The molecule has 23 heavy (non-hydrogen) atoms. The van der Waals surface area contributed by atoms with Gasteiger partial charge in [0.05, 0.1) is 17.5 Å². The zero-order chi connectivity index (χ0) is 17.0. The van der Waals surface area contributed by atoms with Gasteiger partial charge in [0, 0.05) is 16.0 Å². The van der Waals surface area contributed by atoms with Crippen LogP contribution in [-0.2, 0) is 16.6 Å². The molecule has 2 aromatic carbocycles. The monoisotopic (exact) mass is 416 g/mol. The summed E-state index contributed by atoms with van der Waals surface area (Å²) < 4.78 is 25.8. The average molecular weight is 418 g/mol. The number of carbonyl (C=O) groups excluding carboxylic acids is 1. The van der Waals surface area contributed by atoms with Gasteiger partial charge >= 0.3 is 0 Å². The second-order valence-electron chi connectivity index (χ2n) is 4.84.